The number of carbonyl (C=O) groups excluding carboxylic acids is 1. The lowest BCUT2D eigenvalue weighted by Crippen LogP contribution is -2.45. The molecule has 0 fully saturated rings. The molecule has 0 aromatic rings. The van der Waals surface area contributed by atoms with E-state index in [0.717, 1.165) is 96.3 Å². The lowest BCUT2D eigenvalue weighted by molar-refractivity contribution is -0.123. The summed E-state index contributed by atoms with van der Waals surface area (Å²) >= 11 is 0. The van der Waals surface area contributed by atoms with E-state index in [9.17, 15) is 15.0 Å². The van der Waals surface area contributed by atoms with E-state index in [1.165, 1.54) is 19.3 Å². The Kier molecular flexibility index (Phi) is 36.7. The van der Waals surface area contributed by atoms with E-state index < -0.39 is 12.1 Å². The molecule has 4 heteroatoms. The van der Waals surface area contributed by atoms with Gasteiger partial charge in [0.15, 0.2) is 0 Å². The molecular formula is C45H71NO3. The third kappa shape index (κ3) is 35.9. The highest BCUT2D eigenvalue weighted by molar-refractivity contribution is 5.76. The van der Waals surface area contributed by atoms with Crippen molar-refractivity contribution in [2.45, 2.75) is 148 Å². The van der Waals surface area contributed by atoms with Gasteiger partial charge in [-0.25, -0.2) is 0 Å². The van der Waals surface area contributed by atoms with Crippen molar-refractivity contribution in [1.29, 1.82) is 0 Å². The van der Waals surface area contributed by atoms with Gasteiger partial charge in [-0.05, 0) is 96.3 Å². The lowest BCUT2D eigenvalue weighted by atomic mass is 10.1. The summed E-state index contributed by atoms with van der Waals surface area (Å²) in [4.78, 5) is 12.3. The normalized spacial score (nSPS) is 14.4. The molecule has 0 rings (SSSR count). The molecule has 0 aliphatic rings. The third-order valence-electron chi connectivity index (χ3n) is 7.66. The Labute approximate surface area is 301 Å². The van der Waals surface area contributed by atoms with Gasteiger partial charge in [0, 0.05) is 6.42 Å². The van der Waals surface area contributed by atoms with E-state index in [0.29, 0.717) is 6.42 Å². The molecule has 3 N–H and O–H groups in total. The van der Waals surface area contributed by atoms with Crippen LogP contribution in [-0.4, -0.2) is 34.9 Å². The van der Waals surface area contributed by atoms with Crippen molar-refractivity contribution in [3.05, 3.63) is 122 Å². The number of amides is 1. The Morgan fingerprint density at radius 3 is 1.39 bits per heavy atom. The molecule has 0 saturated carbocycles. The Morgan fingerprint density at radius 1 is 0.510 bits per heavy atom. The standard InChI is InChI=1S/C45H71NO3/c1-3-5-7-9-11-13-15-17-18-19-20-21-22-23-24-25-26-27-28-29-31-33-35-37-39-41-45(49)46-43(42-47)44(48)40-38-36-34-32-30-16-14-12-10-8-6-4-2/h5,7,10-13,17-18,20-21,23-24,26-27,29-32,38,40,43-44,47-48H,3-4,6,8-9,14-16,19,22,25,28,33-37,39,41-42H2,1-2H3,(H,46,49)/b7-5-,12-10+,13-11-,18-17-,21-20-,24-23-,27-26-,31-29-,32-30+,40-38+. The van der Waals surface area contributed by atoms with E-state index in [4.69, 9.17) is 0 Å². The zero-order valence-corrected chi connectivity index (χ0v) is 31.1. The monoisotopic (exact) mass is 674 g/mol. The van der Waals surface area contributed by atoms with Gasteiger partial charge in [0.05, 0.1) is 18.8 Å². The third-order valence-corrected chi connectivity index (χ3v) is 7.66. The Hall–Kier alpha value is -3.21. The van der Waals surface area contributed by atoms with Crippen molar-refractivity contribution >= 4 is 5.91 Å². The number of rotatable bonds is 32. The molecule has 0 radical (unpaired) electrons. The molecule has 0 spiro atoms. The molecule has 0 saturated heterocycles. The molecule has 49 heavy (non-hydrogen) atoms. The fourth-order valence-corrected chi connectivity index (χ4v) is 4.70. The highest BCUT2D eigenvalue weighted by Crippen LogP contribution is 2.07. The van der Waals surface area contributed by atoms with Crippen molar-refractivity contribution in [2.75, 3.05) is 6.61 Å². The number of nitrogens with one attached hydrogen (secondary N) is 1. The summed E-state index contributed by atoms with van der Waals surface area (Å²) in [5, 5.41) is 22.8. The maximum Gasteiger partial charge on any atom is 0.220 e. The summed E-state index contributed by atoms with van der Waals surface area (Å²) in [6, 6.07) is -0.671. The van der Waals surface area contributed by atoms with Gasteiger partial charge in [-0.2, -0.15) is 0 Å². The van der Waals surface area contributed by atoms with Crippen LogP contribution in [0.2, 0.25) is 0 Å². The fraction of sp³-hybridized carbons (Fsp3) is 0.533. The van der Waals surface area contributed by atoms with Crippen molar-refractivity contribution < 1.29 is 15.0 Å². The number of aliphatic hydroxyl groups excluding tert-OH is 2. The molecule has 0 heterocycles. The molecule has 2 unspecified atom stereocenters. The van der Waals surface area contributed by atoms with Crippen molar-refractivity contribution in [3.63, 3.8) is 0 Å². The van der Waals surface area contributed by atoms with Crippen molar-refractivity contribution in [2.24, 2.45) is 0 Å². The average molecular weight is 674 g/mol. The minimum absolute atomic E-state index is 0.119. The highest BCUT2D eigenvalue weighted by Gasteiger charge is 2.17. The Bertz CT molecular complexity index is 1040. The van der Waals surface area contributed by atoms with Crippen LogP contribution >= 0.6 is 0 Å². The minimum atomic E-state index is -0.891. The van der Waals surface area contributed by atoms with E-state index in [2.05, 4.69) is 129 Å². The van der Waals surface area contributed by atoms with Gasteiger partial charge >= 0.3 is 0 Å². The lowest BCUT2D eigenvalue weighted by Gasteiger charge is -2.19. The molecule has 0 aliphatic heterocycles. The van der Waals surface area contributed by atoms with Crippen LogP contribution in [-0.2, 0) is 4.79 Å². The minimum Gasteiger partial charge on any atom is -0.394 e. The van der Waals surface area contributed by atoms with Gasteiger partial charge < -0.3 is 15.5 Å². The molecule has 274 valence electrons. The maximum atomic E-state index is 12.3. The Morgan fingerprint density at radius 2 is 0.918 bits per heavy atom. The SMILES string of the molecule is CC/C=C\C/C=C\C/C=C\C/C=C\C/C=C\C/C=C\C/C=C\CCCCCC(=O)NC(CO)C(O)/C=C/CC/C=C/CC/C=C/CCCC. The summed E-state index contributed by atoms with van der Waals surface area (Å²) in [5.41, 5.74) is 0. The van der Waals surface area contributed by atoms with Crippen LogP contribution in [0.15, 0.2) is 122 Å². The van der Waals surface area contributed by atoms with Gasteiger partial charge in [0.25, 0.3) is 0 Å². The summed E-state index contributed by atoms with van der Waals surface area (Å²) in [6.45, 7) is 4.08. The number of carbonyl (C=O) groups is 1. The van der Waals surface area contributed by atoms with Gasteiger partial charge in [-0.3, -0.25) is 4.79 Å². The second-order valence-corrected chi connectivity index (χ2v) is 12.2. The van der Waals surface area contributed by atoms with Gasteiger partial charge in [-0.15, -0.1) is 0 Å². The maximum absolute atomic E-state index is 12.3. The molecule has 0 bridgehead atoms. The predicted octanol–water partition coefficient (Wildman–Crippen LogP) is 11.8. The number of allylic oxidation sites excluding steroid dienone is 19. The molecule has 0 aromatic heterocycles. The van der Waals surface area contributed by atoms with Crippen LogP contribution in [0, 0.1) is 0 Å². The topological polar surface area (TPSA) is 69.6 Å². The average Bonchev–Trinajstić information content (AvgIpc) is 3.10. The summed E-state index contributed by atoms with van der Waals surface area (Å²) in [5.74, 6) is -0.119. The van der Waals surface area contributed by atoms with E-state index in [-0.39, 0.29) is 12.5 Å². The zero-order chi connectivity index (χ0) is 35.7. The van der Waals surface area contributed by atoms with E-state index >= 15 is 0 Å². The summed E-state index contributed by atoms with van der Waals surface area (Å²) in [7, 11) is 0. The number of aliphatic hydroxyl groups is 2. The number of hydrogen-bond donors (Lipinski definition) is 3. The van der Waals surface area contributed by atoms with Crippen LogP contribution in [0.1, 0.15) is 136 Å². The van der Waals surface area contributed by atoms with Crippen LogP contribution in [0.25, 0.3) is 0 Å². The first-order chi connectivity index (χ1) is 24.2. The Balaban J connectivity index is 3.82. The van der Waals surface area contributed by atoms with Crippen LogP contribution in [0.3, 0.4) is 0 Å². The van der Waals surface area contributed by atoms with E-state index in [1.54, 1.807) is 6.08 Å². The molecule has 1 amide bonds. The first-order valence-corrected chi connectivity index (χ1v) is 19.2. The van der Waals surface area contributed by atoms with Crippen LogP contribution in [0.5, 0.6) is 0 Å². The fourth-order valence-electron chi connectivity index (χ4n) is 4.70. The zero-order valence-electron chi connectivity index (χ0n) is 31.1. The van der Waals surface area contributed by atoms with Crippen LogP contribution in [0.4, 0.5) is 0 Å². The molecule has 4 nitrogen and oxygen atoms in total. The van der Waals surface area contributed by atoms with Gasteiger partial charge in [-0.1, -0.05) is 155 Å². The molecule has 0 aromatic carbocycles. The second kappa shape index (κ2) is 39.2. The van der Waals surface area contributed by atoms with Gasteiger partial charge in [0.1, 0.15) is 0 Å². The molecule has 2 atom stereocenters. The van der Waals surface area contributed by atoms with E-state index in [1.807, 2.05) is 6.08 Å². The number of unbranched alkanes of at least 4 members (excludes halogenated alkanes) is 7. The molecule has 0 aliphatic carbocycles. The summed E-state index contributed by atoms with van der Waals surface area (Å²) < 4.78 is 0. The van der Waals surface area contributed by atoms with Gasteiger partial charge in [0.2, 0.25) is 5.91 Å². The number of hydrogen-bond acceptors (Lipinski definition) is 3. The second-order valence-electron chi connectivity index (χ2n) is 12.2. The summed E-state index contributed by atoms with van der Waals surface area (Å²) in [6.07, 6.45) is 61.4. The highest BCUT2D eigenvalue weighted by atomic mass is 16.3. The van der Waals surface area contributed by atoms with Crippen LogP contribution < -0.4 is 5.32 Å². The first kappa shape index (κ1) is 45.8. The largest absolute Gasteiger partial charge is 0.394 e. The first-order valence-electron chi connectivity index (χ1n) is 19.2. The molecular weight excluding hydrogens is 602 g/mol. The van der Waals surface area contributed by atoms with Crippen molar-refractivity contribution in [3.8, 4) is 0 Å². The predicted molar refractivity (Wildman–Crippen MR) is 215 cm³/mol. The smallest absolute Gasteiger partial charge is 0.220 e. The quantitative estimate of drug-likeness (QED) is 0.0492. The van der Waals surface area contributed by atoms with Crippen molar-refractivity contribution in [1.82, 2.24) is 5.32 Å².